The summed E-state index contributed by atoms with van der Waals surface area (Å²) in [5, 5.41) is 0. The largest absolute Gasteiger partial charge is 0.444 e. The standard InChI is InChI=1S/C19H26N6O4/c1-6-7-8-25-13-14(21-17(27)22(5)15(13)26)20-16(25)23-9-11-24(12-10-23)18(28)29-19(2,3)4/h8-12H2,1-5H3,(H,21,27). The highest BCUT2D eigenvalue weighted by molar-refractivity contribution is 5.74. The van der Waals surface area contributed by atoms with Gasteiger partial charge in [-0.1, -0.05) is 5.92 Å². The van der Waals surface area contributed by atoms with Crippen molar-refractivity contribution < 1.29 is 9.53 Å². The Balaban J connectivity index is 1.91. The molecule has 1 aliphatic rings. The predicted octanol–water partition coefficient (Wildman–Crippen LogP) is 0.504. The molecule has 1 aliphatic heterocycles. The fourth-order valence-electron chi connectivity index (χ4n) is 3.15. The van der Waals surface area contributed by atoms with Crippen LogP contribution in [0, 0.1) is 11.8 Å². The van der Waals surface area contributed by atoms with Gasteiger partial charge in [0.15, 0.2) is 11.2 Å². The van der Waals surface area contributed by atoms with Crippen molar-refractivity contribution >= 4 is 23.2 Å². The molecule has 2 aromatic rings. The fourth-order valence-corrected chi connectivity index (χ4v) is 3.15. The second-order valence-electron chi connectivity index (χ2n) is 7.87. The van der Waals surface area contributed by atoms with E-state index >= 15 is 0 Å². The Kier molecular flexibility index (Phi) is 5.42. The Morgan fingerprint density at radius 2 is 1.86 bits per heavy atom. The number of aromatic nitrogens is 4. The van der Waals surface area contributed by atoms with Gasteiger partial charge in [0.25, 0.3) is 5.56 Å². The molecule has 0 saturated carbocycles. The molecule has 1 N–H and O–H groups in total. The highest BCUT2D eigenvalue weighted by atomic mass is 16.6. The molecule has 0 atom stereocenters. The summed E-state index contributed by atoms with van der Waals surface area (Å²) in [5.74, 6) is 6.33. The monoisotopic (exact) mass is 402 g/mol. The number of fused-ring (bicyclic) bond motifs is 1. The van der Waals surface area contributed by atoms with Crippen LogP contribution in [0.2, 0.25) is 0 Å². The van der Waals surface area contributed by atoms with Crippen LogP contribution in [0.1, 0.15) is 27.7 Å². The van der Waals surface area contributed by atoms with E-state index in [1.807, 2.05) is 25.7 Å². The van der Waals surface area contributed by atoms with Gasteiger partial charge in [0.05, 0.1) is 6.54 Å². The number of aromatic amines is 1. The van der Waals surface area contributed by atoms with Crippen molar-refractivity contribution in [2.75, 3.05) is 31.1 Å². The Labute approximate surface area is 168 Å². The predicted molar refractivity (Wildman–Crippen MR) is 109 cm³/mol. The van der Waals surface area contributed by atoms with Crippen molar-refractivity contribution in [1.82, 2.24) is 24.0 Å². The molecule has 0 aliphatic carbocycles. The van der Waals surface area contributed by atoms with Crippen molar-refractivity contribution in [2.24, 2.45) is 7.05 Å². The molecule has 0 bridgehead atoms. The first-order valence-corrected chi connectivity index (χ1v) is 9.44. The van der Waals surface area contributed by atoms with Crippen molar-refractivity contribution in [3.63, 3.8) is 0 Å². The smallest absolute Gasteiger partial charge is 0.410 e. The molecule has 10 nitrogen and oxygen atoms in total. The summed E-state index contributed by atoms with van der Waals surface area (Å²) < 4.78 is 8.16. The number of ether oxygens (including phenoxy) is 1. The maximum atomic E-state index is 12.6. The SMILES string of the molecule is CC#CCn1c(N2CCN(C(=O)OC(C)(C)C)CC2)nc2[nH]c(=O)n(C)c(=O)c21. The van der Waals surface area contributed by atoms with Gasteiger partial charge in [-0.2, -0.15) is 4.98 Å². The molecular weight excluding hydrogens is 376 g/mol. The van der Waals surface area contributed by atoms with Crippen molar-refractivity contribution in [1.29, 1.82) is 0 Å². The zero-order valence-corrected chi connectivity index (χ0v) is 17.4. The second kappa shape index (κ2) is 7.66. The topological polar surface area (TPSA) is 105 Å². The number of carbonyl (C=O) groups is 1. The minimum atomic E-state index is -0.549. The number of nitrogens with zero attached hydrogens (tertiary/aromatic N) is 5. The van der Waals surface area contributed by atoms with Crippen molar-refractivity contribution in [3.8, 4) is 11.8 Å². The van der Waals surface area contributed by atoms with Gasteiger partial charge in [0, 0.05) is 33.2 Å². The highest BCUT2D eigenvalue weighted by Gasteiger charge is 2.28. The van der Waals surface area contributed by atoms with Gasteiger partial charge in [0.2, 0.25) is 5.95 Å². The molecule has 0 radical (unpaired) electrons. The lowest BCUT2D eigenvalue weighted by atomic mass is 10.2. The van der Waals surface area contributed by atoms with Crippen LogP contribution in [-0.4, -0.2) is 61.9 Å². The van der Waals surface area contributed by atoms with E-state index in [0.29, 0.717) is 37.6 Å². The first-order valence-electron chi connectivity index (χ1n) is 9.44. The molecule has 29 heavy (non-hydrogen) atoms. The zero-order valence-electron chi connectivity index (χ0n) is 17.4. The molecule has 10 heteroatoms. The second-order valence-corrected chi connectivity index (χ2v) is 7.87. The van der Waals surface area contributed by atoms with Gasteiger partial charge >= 0.3 is 11.8 Å². The number of rotatable bonds is 2. The van der Waals surface area contributed by atoms with Crippen LogP contribution in [-0.2, 0) is 18.3 Å². The van der Waals surface area contributed by atoms with E-state index in [0.717, 1.165) is 4.57 Å². The molecule has 3 heterocycles. The van der Waals surface area contributed by atoms with Crippen LogP contribution < -0.4 is 16.1 Å². The van der Waals surface area contributed by atoms with Gasteiger partial charge in [0.1, 0.15) is 5.60 Å². The number of nitrogens with one attached hydrogen (secondary N) is 1. The highest BCUT2D eigenvalue weighted by Crippen LogP contribution is 2.21. The Hall–Kier alpha value is -3.22. The molecule has 0 spiro atoms. The molecule has 1 saturated heterocycles. The fraction of sp³-hybridized carbons (Fsp3) is 0.579. The number of amides is 1. The number of hydrogen-bond acceptors (Lipinski definition) is 6. The van der Waals surface area contributed by atoms with Crippen LogP contribution >= 0.6 is 0 Å². The lowest BCUT2D eigenvalue weighted by Crippen LogP contribution is -2.50. The Bertz CT molecular complexity index is 1100. The molecule has 3 rings (SSSR count). The summed E-state index contributed by atoms with van der Waals surface area (Å²) in [6.07, 6.45) is -0.347. The summed E-state index contributed by atoms with van der Waals surface area (Å²) in [6.45, 7) is 9.46. The number of anilines is 1. The van der Waals surface area contributed by atoms with E-state index in [-0.39, 0.29) is 18.3 Å². The average molecular weight is 402 g/mol. The van der Waals surface area contributed by atoms with Crippen molar-refractivity contribution in [3.05, 3.63) is 20.8 Å². The van der Waals surface area contributed by atoms with Crippen LogP contribution in [0.25, 0.3) is 11.2 Å². The minimum Gasteiger partial charge on any atom is -0.444 e. The normalized spacial score (nSPS) is 14.7. The molecule has 1 fully saturated rings. The molecule has 0 unspecified atom stereocenters. The van der Waals surface area contributed by atoms with E-state index < -0.39 is 16.9 Å². The lowest BCUT2D eigenvalue weighted by Gasteiger charge is -2.36. The van der Waals surface area contributed by atoms with Crippen LogP contribution in [0.5, 0.6) is 0 Å². The summed E-state index contributed by atoms with van der Waals surface area (Å²) >= 11 is 0. The van der Waals surface area contributed by atoms with Gasteiger partial charge in [-0.15, -0.1) is 5.92 Å². The Morgan fingerprint density at radius 3 is 2.45 bits per heavy atom. The molecule has 2 aromatic heterocycles. The molecule has 1 amide bonds. The van der Waals surface area contributed by atoms with Gasteiger partial charge < -0.3 is 14.5 Å². The first-order chi connectivity index (χ1) is 13.6. The van der Waals surface area contributed by atoms with Crippen LogP contribution in [0.15, 0.2) is 9.59 Å². The van der Waals surface area contributed by atoms with Crippen LogP contribution in [0.4, 0.5) is 10.7 Å². The number of piperazine rings is 1. The van der Waals surface area contributed by atoms with E-state index in [4.69, 9.17) is 4.74 Å². The van der Waals surface area contributed by atoms with E-state index in [1.54, 1.807) is 16.4 Å². The molecular formula is C19H26N6O4. The summed E-state index contributed by atoms with van der Waals surface area (Å²) in [7, 11) is 1.42. The van der Waals surface area contributed by atoms with Crippen molar-refractivity contribution in [2.45, 2.75) is 39.8 Å². The maximum absolute atomic E-state index is 12.6. The van der Waals surface area contributed by atoms with E-state index in [1.165, 1.54) is 7.05 Å². The number of carbonyl (C=O) groups excluding carboxylic acids is 1. The van der Waals surface area contributed by atoms with E-state index in [9.17, 15) is 14.4 Å². The van der Waals surface area contributed by atoms with Gasteiger partial charge in [-0.3, -0.25) is 18.9 Å². The minimum absolute atomic E-state index is 0.237. The summed E-state index contributed by atoms with van der Waals surface area (Å²) in [5.41, 5.74) is -0.949. The van der Waals surface area contributed by atoms with E-state index in [2.05, 4.69) is 21.8 Å². The Morgan fingerprint density at radius 1 is 1.21 bits per heavy atom. The summed E-state index contributed by atoms with van der Waals surface area (Å²) in [4.78, 5) is 47.7. The van der Waals surface area contributed by atoms with Crippen LogP contribution in [0.3, 0.4) is 0 Å². The summed E-state index contributed by atoms with van der Waals surface area (Å²) in [6, 6.07) is 0. The van der Waals surface area contributed by atoms with Gasteiger partial charge in [-0.25, -0.2) is 9.59 Å². The maximum Gasteiger partial charge on any atom is 0.410 e. The number of hydrogen-bond donors (Lipinski definition) is 1. The third-order valence-corrected chi connectivity index (χ3v) is 4.61. The molecule has 156 valence electrons. The third kappa shape index (κ3) is 4.13. The number of imidazole rings is 1. The zero-order chi connectivity index (χ0) is 21.3. The first kappa shape index (κ1) is 20.5. The molecule has 0 aromatic carbocycles. The number of H-pyrrole nitrogens is 1. The average Bonchev–Trinajstić information content (AvgIpc) is 3.01. The quantitative estimate of drug-likeness (QED) is 0.734. The van der Waals surface area contributed by atoms with Gasteiger partial charge in [-0.05, 0) is 27.7 Å². The third-order valence-electron chi connectivity index (χ3n) is 4.61. The lowest BCUT2D eigenvalue weighted by molar-refractivity contribution is 0.0240.